The monoisotopic (exact) mass is 477 g/mol. The number of hydrogen-bond donors (Lipinski definition) is 0. The number of para-hydroxylation sites is 2. The molecule has 0 radical (unpaired) electrons. The molecule has 0 atom stereocenters. The summed E-state index contributed by atoms with van der Waals surface area (Å²) in [7, 11) is 0. The lowest BCUT2D eigenvalue weighted by Gasteiger charge is -2.25. The summed E-state index contributed by atoms with van der Waals surface area (Å²) < 4.78 is 0. The summed E-state index contributed by atoms with van der Waals surface area (Å²) in [5.41, 5.74) is 8.55. The van der Waals surface area contributed by atoms with Crippen molar-refractivity contribution in [1.82, 2.24) is 0 Å². The van der Waals surface area contributed by atoms with Crippen molar-refractivity contribution >= 4 is 47.7 Å². The second-order valence-electron chi connectivity index (χ2n) is 8.72. The molecule has 5 aromatic carbocycles. The van der Waals surface area contributed by atoms with Crippen LogP contribution in [-0.4, -0.2) is 6.29 Å². The Morgan fingerprint density at radius 1 is 0.351 bits per heavy atom. The van der Waals surface area contributed by atoms with Gasteiger partial charge in [0.25, 0.3) is 0 Å². The van der Waals surface area contributed by atoms with Gasteiger partial charge in [-0.3, -0.25) is 4.79 Å². The van der Waals surface area contributed by atoms with E-state index in [0.717, 1.165) is 45.6 Å². The molecule has 0 spiro atoms. The van der Waals surface area contributed by atoms with Gasteiger partial charge in [0.05, 0.1) is 0 Å². The second-order valence-corrected chi connectivity index (χ2v) is 8.72. The average Bonchev–Trinajstić information content (AvgIpc) is 2.98. The van der Waals surface area contributed by atoms with Crippen molar-refractivity contribution in [3.63, 3.8) is 0 Å². The van der Waals surface area contributed by atoms with Gasteiger partial charge in [-0.2, -0.15) is 0 Å². The molecule has 0 saturated heterocycles. The van der Waals surface area contributed by atoms with Crippen LogP contribution in [-0.2, 0) is 0 Å². The smallest absolute Gasteiger partial charge is 0.150 e. The number of aldehydes is 1. The number of carbonyl (C=O) groups excluding carboxylic acids is 1. The quantitative estimate of drug-likeness (QED) is 0.164. The molecule has 0 amide bonds. The fraction of sp³-hybridized carbons (Fsp3) is 0. The number of carbonyl (C=O) groups is 1. The summed E-state index contributed by atoms with van der Waals surface area (Å²) in [5, 5.41) is 0. The molecule has 2 nitrogen and oxygen atoms in total. The predicted molar refractivity (Wildman–Crippen MR) is 157 cm³/mol. The predicted octanol–water partition coefficient (Wildman–Crippen LogP) is 9.31. The van der Waals surface area contributed by atoms with Gasteiger partial charge in [-0.15, -0.1) is 0 Å². The molecular formula is C35H27NO. The van der Waals surface area contributed by atoms with Crippen molar-refractivity contribution in [3.05, 3.63) is 161 Å². The Morgan fingerprint density at radius 2 is 0.649 bits per heavy atom. The summed E-state index contributed by atoms with van der Waals surface area (Å²) >= 11 is 0. The lowest BCUT2D eigenvalue weighted by atomic mass is 10.1. The fourth-order valence-electron chi connectivity index (χ4n) is 4.12. The molecule has 0 N–H and O–H groups in total. The van der Waals surface area contributed by atoms with Crippen molar-refractivity contribution in [3.8, 4) is 0 Å². The van der Waals surface area contributed by atoms with Crippen LogP contribution in [0.3, 0.4) is 0 Å². The van der Waals surface area contributed by atoms with E-state index in [-0.39, 0.29) is 0 Å². The number of anilines is 3. The van der Waals surface area contributed by atoms with Gasteiger partial charge < -0.3 is 4.90 Å². The Kier molecular flexibility index (Phi) is 7.49. The average molecular weight is 478 g/mol. The molecule has 0 aromatic heterocycles. The minimum Gasteiger partial charge on any atom is -0.311 e. The molecule has 5 aromatic rings. The van der Waals surface area contributed by atoms with E-state index in [0.29, 0.717) is 5.56 Å². The Hall–Kier alpha value is -4.95. The summed E-state index contributed by atoms with van der Waals surface area (Å²) in [6.07, 6.45) is 9.26. The zero-order valence-electron chi connectivity index (χ0n) is 20.4. The van der Waals surface area contributed by atoms with E-state index in [1.54, 1.807) is 0 Å². The molecule has 0 aliphatic rings. The zero-order chi connectivity index (χ0) is 25.3. The van der Waals surface area contributed by atoms with Crippen LogP contribution in [0, 0.1) is 0 Å². The maximum absolute atomic E-state index is 10.8. The standard InChI is InChI=1S/C35H27NO/c37-27-32-21-19-30(20-22-32)16-15-28-11-13-29(14-12-28)17-18-31-23-25-35(26-24-31)36(33-7-3-1-4-8-33)34-9-5-2-6-10-34/h1-27H/b16-15+,18-17+. The Labute approximate surface area is 218 Å². The van der Waals surface area contributed by atoms with E-state index in [1.807, 2.05) is 36.4 Å². The first-order valence-electron chi connectivity index (χ1n) is 12.3. The van der Waals surface area contributed by atoms with Crippen LogP contribution < -0.4 is 4.90 Å². The van der Waals surface area contributed by atoms with Crippen molar-refractivity contribution in [2.45, 2.75) is 0 Å². The van der Waals surface area contributed by atoms with Crippen LogP contribution in [0.5, 0.6) is 0 Å². The largest absolute Gasteiger partial charge is 0.311 e. The van der Waals surface area contributed by atoms with Crippen LogP contribution in [0.25, 0.3) is 24.3 Å². The van der Waals surface area contributed by atoms with Gasteiger partial charge in [-0.1, -0.05) is 121 Å². The van der Waals surface area contributed by atoms with Crippen LogP contribution in [0.4, 0.5) is 17.1 Å². The van der Waals surface area contributed by atoms with E-state index < -0.39 is 0 Å². The second kappa shape index (κ2) is 11.7. The van der Waals surface area contributed by atoms with Gasteiger partial charge in [-0.25, -0.2) is 0 Å². The van der Waals surface area contributed by atoms with Gasteiger partial charge in [0, 0.05) is 22.6 Å². The van der Waals surface area contributed by atoms with Crippen molar-refractivity contribution in [2.75, 3.05) is 4.90 Å². The Bertz CT molecular complexity index is 1440. The van der Waals surface area contributed by atoms with Crippen LogP contribution in [0.1, 0.15) is 32.6 Å². The minimum absolute atomic E-state index is 0.688. The molecule has 0 heterocycles. The fourth-order valence-corrected chi connectivity index (χ4v) is 4.12. The van der Waals surface area contributed by atoms with Crippen molar-refractivity contribution < 1.29 is 4.79 Å². The van der Waals surface area contributed by atoms with Gasteiger partial charge >= 0.3 is 0 Å². The molecular weight excluding hydrogens is 450 g/mol. The highest BCUT2D eigenvalue weighted by Gasteiger charge is 2.11. The summed E-state index contributed by atoms with van der Waals surface area (Å²) in [4.78, 5) is 13.1. The molecule has 0 fully saturated rings. The van der Waals surface area contributed by atoms with Crippen LogP contribution >= 0.6 is 0 Å². The summed E-state index contributed by atoms with van der Waals surface area (Å²) in [6.45, 7) is 0. The number of rotatable bonds is 8. The molecule has 0 aliphatic heterocycles. The first kappa shape index (κ1) is 23.8. The number of nitrogens with zero attached hydrogens (tertiary/aromatic N) is 1. The highest BCUT2D eigenvalue weighted by molar-refractivity contribution is 5.79. The highest BCUT2D eigenvalue weighted by Crippen LogP contribution is 2.34. The maximum Gasteiger partial charge on any atom is 0.150 e. The first-order valence-corrected chi connectivity index (χ1v) is 12.3. The summed E-state index contributed by atoms with van der Waals surface area (Å²) in [6, 6.07) is 45.5. The van der Waals surface area contributed by atoms with Gasteiger partial charge in [0.1, 0.15) is 6.29 Å². The molecule has 0 aliphatic carbocycles. The number of benzene rings is 5. The summed E-state index contributed by atoms with van der Waals surface area (Å²) in [5.74, 6) is 0. The molecule has 5 rings (SSSR count). The van der Waals surface area contributed by atoms with E-state index in [4.69, 9.17) is 0 Å². The Balaban J connectivity index is 1.28. The van der Waals surface area contributed by atoms with Crippen LogP contribution in [0.15, 0.2) is 133 Å². The lowest BCUT2D eigenvalue weighted by Crippen LogP contribution is -2.09. The van der Waals surface area contributed by atoms with E-state index in [9.17, 15) is 4.79 Å². The van der Waals surface area contributed by atoms with Gasteiger partial charge in [-0.05, 0) is 58.7 Å². The third-order valence-corrected chi connectivity index (χ3v) is 6.13. The van der Waals surface area contributed by atoms with Crippen molar-refractivity contribution in [1.29, 1.82) is 0 Å². The van der Waals surface area contributed by atoms with Crippen molar-refractivity contribution in [2.24, 2.45) is 0 Å². The van der Waals surface area contributed by atoms with E-state index >= 15 is 0 Å². The maximum atomic E-state index is 10.8. The Morgan fingerprint density at radius 3 is 1.00 bits per heavy atom. The molecule has 0 saturated carbocycles. The topological polar surface area (TPSA) is 20.3 Å². The van der Waals surface area contributed by atoms with E-state index in [1.165, 1.54) is 0 Å². The minimum atomic E-state index is 0.688. The van der Waals surface area contributed by atoms with E-state index in [2.05, 4.69) is 126 Å². The highest BCUT2D eigenvalue weighted by atomic mass is 16.1. The zero-order valence-corrected chi connectivity index (χ0v) is 20.4. The lowest BCUT2D eigenvalue weighted by molar-refractivity contribution is 0.112. The van der Waals surface area contributed by atoms with Crippen LogP contribution in [0.2, 0.25) is 0 Å². The van der Waals surface area contributed by atoms with Gasteiger partial charge in [0.15, 0.2) is 0 Å². The number of hydrogen-bond acceptors (Lipinski definition) is 2. The normalized spacial score (nSPS) is 11.1. The molecule has 178 valence electrons. The molecule has 2 heteroatoms. The third kappa shape index (κ3) is 6.19. The molecule has 0 bridgehead atoms. The molecule has 37 heavy (non-hydrogen) atoms. The SMILES string of the molecule is O=Cc1ccc(/C=C/c2ccc(/C=C/c3ccc(N(c4ccccc4)c4ccccc4)cc3)cc2)cc1. The van der Waals surface area contributed by atoms with Gasteiger partial charge in [0.2, 0.25) is 0 Å². The third-order valence-electron chi connectivity index (χ3n) is 6.13. The molecule has 0 unspecified atom stereocenters. The first-order chi connectivity index (χ1) is 18.3.